The van der Waals surface area contributed by atoms with E-state index in [0.29, 0.717) is 5.56 Å². The molecule has 1 heterocycles. The number of carbonyl (C=O) groups excluding carboxylic acids is 2. The number of rotatable bonds is 13. The van der Waals surface area contributed by atoms with Gasteiger partial charge in [0.15, 0.2) is 0 Å². The quantitative estimate of drug-likeness (QED) is 0.160. The van der Waals surface area contributed by atoms with Gasteiger partial charge in [0.1, 0.15) is 5.82 Å². The molecule has 3 N–H and O–H groups in total. The highest BCUT2D eigenvalue weighted by Crippen LogP contribution is 2.23. The van der Waals surface area contributed by atoms with Crippen LogP contribution in [0.5, 0.6) is 0 Å². The van der Waals surface area contributed by atoms with Gasteiger partial charge in [0, 0.05) is 29.9 Å². The largest absolute Gasteiger partial charge is 0.389 e. The lowest BCUT2D eigenvalue weighted by Crippen LogP contribution is -2.46. The van der Waals surface area contributed by atoms with Gasteiger partial charge in [0.05, 0.1) is 42.9 Å². The lowest BCUT2D eigenvalue weighted by atomic mass is 10.00. The van der Waals surface area contributed by atoms with Crippen LogP contribution in [0, 0.1) is 5.82 Å². The lowest BCUT2D eigenvalue weighted by molar-refractivity contribution is 0.0780. The van der Waals surface area contributed by atoms with Gasteiger partial charge in [-0.1, -0.05) is 72.8 Å². The van der Waals surface area contributed by atoms with Crippen molar-refractivity contribution in [2.75, 3.05) is 17.6 Å². The van der Waals surface area contributed by atoms with Crippen molar-refractivity contribution < 1.29 is 27.5 Å². The molecule has 49 heavy (non-hydrogen) atoms. The number of aromatic nitrogens is 2. The number of benzene rings is 4. The molecular formula is C37H38FN5O5S. The van der Waals surface area contributed by atoms with Gasteiger partial charge in [0.25, 0.3) is 11.8 Å². The first-order chi connectivity index (χ1) is 23.4. The van der Waals surface area contributed by atoms with Crippen molar-refractivity contribution in [3.8, 4) is 11.1 Å². The third kappa shape index (κ3) is 9.18. The van der Waals surface area contributed by atoms with Crippen LogP contribution in [-0.2, 0) is 23.0 Å². The predicted octanol–water partition coefficient (Wildman–Crippen LogP) is 4.98. The summed E-state index contributed by atoms with van der Waals surface area (Å²) in [5, 5.41) is 21.6. The van der Waals surface area contributed by atoms with Crippen LogP contribution in [0.1, 0.15) is 44.8 Å². The van der Waals surface area contributed by atoms with E-state index in [0.717, 1.165) is 27.3 Å². The van der Waals surface area contributed by atoms with Gasteiger partial charge in [-0.05, 0) is 60.4 Å². The molecular weight excluding hydrogens is 646 g/mol. The van der Waals surface area contributed by atoms with Crippen LogP contribution in [0.15, 0.2) is 116 Å². The molecule has 5 aromatic rings. The fourth-order valence-corrected chi connectivity index (χ4v) is 5.81. The summed E-state index contributed by atoms with van der Waals surface area (Å²) in [4.78, 5) is 27.3. The highest BCUT2D eigenvalue weighted by molar-refractivity contribution is 7.92. The summed E-state index contributed by atoms with van der Waals surface area (Å²) in [6, 6.07) is 27.6. The van der Waals surface area contributed by atoms with Gasteiger partial charge < -0.3 is 15.7 Å². The maximum absolute atomic E-state index is 13.9. The molecule has 0 aliphatic heterocycles. The topological polar surface area (TPSA) is 134 Å². The molecule has 254 valence electrons. The smallest absolute Gasteiger partial charge is 0.251 e. The molecule has 2 amide bonds. The van der Waals surface area contributed by atoms with E-state index < -0.39 is 45.8 Å². The first kappa shape index (κ1) is 35.0. The highest BCUT2D eigenvalue weighted by Gasteiger charge is 2.26. The molecule has 0 saturated carbocycles. The Hall–Kier alpha value is -5.33. The normalized spacial score (nSPS) is 13.2. The molecule has 0 bridgehead atoms. The van der Waals surface area contributed by atoms with Crippen LogP contribution in [0.25, 0.3) is 11.1 Å². The zero-order valence-electron chi connectivity index (χ0n) is 27.3. The summed E-state index contributed by atoms with van der Waals surface area (Å²) in [6.07, 6.45) is 3.75. The number of aliphatic hydroxyl groups excluding tert-OH is 1. The van der Waals surface area contributed by atoms with Crippen LogP contribution < -0.4 is 14.9 Å². The maximum Gasteiger partial charge on any atom is 0.251 e. The van der Waals surface area contributed by atoms with Gasteiger partial charge in [-0.3, -0.25) is 18.6 Å². The fraction of sp³-hybridized carbons (Fsp3) is 0.216. The number of nitrogens with one attached hydrogen (secondary N) is 2. The van der Waals surface area contributed by atoms with Gasteiger partial charge in [-0.25, -0.2) is 12.8 Å². The molecule has 4 aromatic carbocycles. The zero-order chi connectivity index (χ0) is 35.1. The van der Waals surface area contributed by atoms with E-state index in [9.17, 15) is 27.5 Å². The summed E-state index contributed by atoms with van der Waals surface area (Å²) in [6.45, 7) is 1.81. The lowest BCUT2D eigenvalue weighted by Gasteiger charge is -2.25. The maximum atomic E-state index is 13.9. The van der Waals surface area contributed by atoms with Crippen molar-refractivity contribution in [3.63, 3.8) is 0 Å². The molecule has 0 unspecified atom stereocenters. The van der Waals surface area contributed by atoms with Crippen molar-refractivity contribution in [2.45, 2.75) is 38.1 Å². The van der Waals surface area contributed by atoms with Crippen molar-refractivity contribution >= 4 is 27.5 Å². The molecule has 0 spiro atoms. The van der Waals surface area contributed by atoms with Gasteiger partial charge in [0.2, 0.25) is 10.0 Å². The molecule has 0 aliphatic carbocycles. The van der Waals surface area contributed by atoms with Crippen molar-refractivity contribution in [2.24, 2.45) is 0 Å². The minimum Gasteiger partial charge on any atom is -0.389 e. The summed E-state index contributed by atoms with van der Waals surface area (Å²) in [5.41, 5.74) is 3.53. The number of carbonyl (C=O) groups is 2. The van der Waals surface area contributed by atoms with E-state index in [4.69, 9.17) is 0 Å². The molecule has 12 heteroatoms. The Labute approximate surface area is 285 Å². The highest BCUT2D eigenvalue weighted by atomic mass is 32.2. The minimum absolute atomic E-state index is 0.0169. The Bertz CT molecular complexity index is 2000. The molecule has 10 nitrogen and oxygen atoms in total. The van der Waals surface area contributed by atoms with Crippen molar-refractivity contribution in [1.82, 2.24) is 20.4 Å². The third-order valence-corrected chi connectivity index (χ3v) is 9.42. The average Bonchev–Trinajstić information content (AvgIpc) is 3.56. The molecule has 5 rings (SSSR count). The molecule has 0 saturated heterocycles. The van der Waals surface area contributed by atoms with Crippen molar-refractivity contribution in [1.29, 1.82) is 0 Å². The van der Waals surface area contributed by atoms with Gasteiger partial charge in [-0.15, -0.1) is 0 Å². The first-order valence-electron chi connectivity index (χ1n) is 15.6. The van der Waals surface area contributed by atoms with E-state index in [1.165, 1.54) is 37.4 Å². The monoisotopic (exact) mass is 683 g/mol. The fourth-order valence-electron chi connectivity index (χ4n) is 5.33. The Balaban J connectivity index is 1.42. The Morgan fingerprint density at radius 1 is 0.878 bits per heavy atom. The van der Waals surface area contributed by atoms with E-state index in [1.807, 2.05) is 66.9 Å². The van der Waals surface area contributed by atoms with Crippen LogP contribution >= 0.6 is 0 Å². The number of hydrogen-bond acceptors (Lipinski definition) is 6. The summed E-state index contributed by atoms with van der Waals surface area (Å²) in [5.74, 6) is -1.59. The van der Waals surface area contributed by atoms with E-state index in [1.54, 1.807) is 29.9 Å². The van der Waals surface area contributed by atoms with E-state index in [-0.39, 0.29) is 29.8 Å². The van der Waals surface area contributed by atoms with Gasteiger partial charge >= 0.3 is 0 Å². The predicted molar refractivity (Wildman–Crippen MR) is 187 cm³/mol. The summed E-state index contributed by atoms with van der Waals surface area (Å²) >= 11 is 0. The number of amides is 2. The standard InChI is InChI=1S/C37H38FN5O5S/c1-25(27-14-16-32(38)17-15-27)40-36(45)29-19-30(21-33(20-29)42(2)49(3,47)48)37(46)41-34(18-26-10-6-4-7-11-26)35(44)24-43-23-31(22-39-43)28-12-8-5-9-13-28/h4-17,19-23,25,34-35,44H,18,24H2,1-3H3,(H,40,45)(H,41,46)/t25-,34+,35+/m1/s1. The SMILES string of the molecule is C[C@@H](NC(=O)c1cc(C(=O)N[C@@H](Cc2ccccc2)[C@@H](O)Cn2cc(-c3ccccc3)cn2)cc(N(C)S(C)(=O)=O)c1)c1ccc(F)cc1. The van der Waals surface area contributed by atoms with Crippen LogP contribution in [0.4, 0.5) is 10.1 Å². The summed E-state index contributed by atoms with van der Waals surface area (Å²) < 4.78 is 41.0. The number of sulfonamides is 1. The minimum atomic E-state index is -3.76. The number of hydrogen-bond donors (Lipinski definition) is 3. The molecule has 0 fully saturated rings. The second-order valence-corrected chi connectivity index (χ2v) is 13.9. The van der Waals surface area contributed by atoms with Crippen LogP contribution in [0.3, 0.4) is 0 Å². The summed E-state index contributed by atoms with van der Waals surface area (Å²) in [7, 11) is -2.43. The average molecular weight is 684 g/mol. The van der Waals surface area contributed by atoms with Crippen molar-refractivity contribution in [3.05, 3.63) is 144 Å². The number of nitrogens with zero attached hydrogens (tertiary/aromatic N) is 3. The van der Waals surface area contributed by atoms with Gasteiger partial charge in [-0.2, -0.15) is 5.10 Å². The third-order valence-electron chi connectivity index (χ3n) is 8.21. The Morgan fingerprint density at radius 2 is 1.47 bits per heavy atom. The second kappa shape index (κ2) is 15.3. The van der Waals surface area contributed by atoms with E-state index >= 15 is 0 Å². The number of anilines is 1. The molecule has 1 aromatic heterocycles. The number of aliphatic hydroxyl groups is 1. The molecule has 3 atom stereocenters. The Morgan fingerprint density at radius 3 is 2.08 bits per heavy atom. The van der Waals surface area contributed by atoms with Crippen LogP contribution in [-0.4, -0.2) is 60.6 Å². The second-order valence-electron chi connectivity index (χ2n) is 11.9. The number of halogens is 1. The molecule has 0 aliphatic rings. The first-order valence-corrected chi connectivity index (χ1v) is 17.5. The van der Waals surface area contributed by atoms with Crippen LogP contribution in [0.2, 0.25) is 0 Å². The molecule has 0 radical (unpaired) electrons. The Kier molecular flexibility index (Phi) is 10.9. The van der Waals surface area contributed by atoms with E-state index in [2.05, 4.69) is 15.7 Å². The zero-order valence-corrected chi connectivity index (χ0v) is 28.1.